The minimum atomic E-state index is -4.12. The van der Waals surface area contributed by atoms with E-state index in [1.807, 2.05) is 19.1 Å². The van der Waals surface area contributed by atoms with Crippen LogP contribution in [0.3, 0.4) is 0 Å². The standard InChI is InChI=1S/C23H25FN6O2S/c1-15-5-7-17-22-19(12-26-23(17)27-15)28-21(14-29-9-3-2-4-10-29)30(22)13-16-6-8-20(18(24)11-16)33(25,31)32/h5-8,11-12H,2-4,9-10,13-14H2,1H3,(H2,25,31,32). The third-order valence-corrected chi connectivity index (χ3v) is 7.05. The van der Waals surface area contributed by atoms with Crippen molar-refractivity contribution in [2.24, 2.45) is 5.14 Å². The first kappa shape index (κ1) is 21.9. The average molecular weight is 469 g/mol. The number of aromatic nitrogens is 4. The topological polar surface area (TPSA) is 107 Å². The van der Waals surface area contributed by atoms with Crippen LogP contribution in [-0.4, -0.2) is 45.9 Å². The summed E-state index contributed by atoms with van der Waals surface area (Å²) in [5.41, 5.74) is 3.75. The van der Waals surface area contributed by atoms with Crippen molar-refractivity contribution in [3.8, 4) is 0 Å². The molecule has 0 saturated carbocycles. The largest absolute Gasteiger partial charge is 0.322 e. The van der Waals surface area contributed by atoms with Gasteiger partial charge in [0.25, 0.3) is 0 Å². The SMILES string of the molecule is Cc1ccc2c(ncc3nc(CN4CCCCC4)n(Cc4ccc(S(N)(=O)=O)c(F)c4)c32)n1. The Morgan fingerprint density at radius 2 is 1.85 bits per heavy atom. The summed E-state index contributed by atoms with van der Waals surface area (Å²) in [6.45, 7) is 4.95. The summed E-state index contributed by atoms with van der Waals surface area (Å²) in [7, 11) is -4.12. The van der Waals surface area contributed by atoms with Crippen LogP contribution < -0.4 is 5.14 Å². The second-order valence-corrected chi connectivity index (χ2v) is 10.1. The maximum Gasteiger partial charge on any atom is 0.240 e. The third-order valence-electron chi connectivity index (χ3n) is 6.11. The quantitative estimate of drug-likeness (QED) is 0.482. The molecule has 5 rings (SSSR count). The van der Waals surface area contributed by atoms with Crippen molar-refractivity contribution in [1.82, 2.24) is 24.4 Å². The van der Waals surface area contributed by atoms with Gasteiger partial charge >= 0.3 is 0 Å². The van der Waals surface area contributed by atoms with Crippen molar-refractivity contribution in [3.63, 3.8) is 0 Å². The van der Waals surface area contributed by atoms with Crippen molar-refractivity contribution in [2.75, 3.05) is 13.1 Å². The molecule has 1 aromatic carbocycles. The van der Waals surface area contributed by atoms with Crippen LogP contribution in [0.5, 0.6) is 0 Å². The van der Waals surface area contributed by atoms with Gasteiger partial charge in [0.05, 0.1) is 18.3 Å². The molecule has 172 valence electrons. The fraction of sp³-hybridized carbons (Fsp3) is 0.348. The molecule has 33 heavy (non-hydrogen) atoms. The van der Waals surface area contributed by atoms with Gasteiger partial charge in [-0.2, -0.15) is 0 Å². The summed E-state index contributed by atoms with van der Waals surface area (Å²) in [5.74, 6) is -0.00137. The first-order valence-corrected chi connectivity index (χ1v) is 12.5. The number of hydrogen-bond donors (Lipinski definition) is 1. The fourth-order valence-corrected chi connectivity index (χ4v) is 5.09. The molecule has 4 heterocycles. The Hall–Kier alpha value is -2.95. The van der Waals surface area contributed by atoms with E-state index in [0.29, 0.717) is 24.3 Å². The zero-order valence-electron chi connectivity index (χ0n) is 18.3. The maximum absolute atomic E-state index is 14.5. The van der Waals surface area contributed by atoms with Gasteiger partial charge in [-0.05, 0) is 62.7 Å². The number of piperidine rings is 1. The van der Waals surface area contributed by atoms with Crippen molar-refractivity contribution < 1.29 is 12.8 Å². The molecule has 4 aromatic rings. The number of aryl methyl sites for hydroxylation is 1. The van der Waals surface area contributed by atoms with Crippen molar-refractivity contribution in [1.29, 1.82) is 0 Å². The number of sulfonamides is 1. The Morgan fingerprint density at radius 1 is 1.06 bits per heavy atom. The number of nitrogens with two attached hydrogens (primary N) is 1. The second-order valence-electron chi connectivity index (χ2n) is 8.58. The zero-order chi connectivity index (χ0) is 23.2. The number of pyridine rings is 2. The number of benzene rings is 1. The Balaban J connectivity index is 1.64. The molecule has 0 amide bonds. The van der Waals surface area contributed by atoms with Crippen LogP contribution in [0.25, 0.3) is 22.1 Å². The molecule has 3 aromatic heterocycles. The molecule has 0 radical (unpaired) electrons. The highest BCUT2D eigenvalue weighted by Crippen LogP contribution is 2.27. The van der Waals surface area contributed by atoms with Gasteiger partial charge in [0, 0.05) is 17.6 Å². The summed E-state index contributed by atoms with van der Waals surface area (Å²) in [5, 5.41) is 5.99. The molecular weight excluding hydrogens is 443 g/mol. The number of nitrogens with zero attached hydrogens (tertiary/aromatic N) is 5. The van der Waals surface area contributed by atoms with Gasteiger partial charge in [0.15, 0.2) is 5.65 Å². The predicted octanol–water partition coefficient (Wildman–Crippen LogP) is 3.11. The third kappa shape index (κ3) is 4.33. The second kappa shape index (κ2) is 8.44. The van der Waals surface area contributed by atoms with Gasteiger partial charge in [0.2, 0.25) is 10.0 Å². The molecule has 0 unspecified atom stereocenters. The van der Waals surface area contributed by atoms with E-state index in [2.05, 4.69) is 19.4 Å². The highest BCUT2D eigenvalue weighted by molar-refractivity contribution is 7.89. The van der Waals surface area contributed by atoms with Gasteiger partial charge in [-0.3, -0.25) is 4.90 Å². The van der Waals surface area contributed by atoms with Crippen LogP contribution in [0.1, 0.15) is 36.3 Å². The number of hydrogen-bond acceptors (Lipinski definition) is 6. The first-order chi connectivity index (χ1) is 15.8. The number of imidazole rings is 1. The fourth-order valence-electron chi connectivity index (χ4n) is 4.51. The lowest BCUT2D eigenvalue weighted by Crippen LogP contribution is -2.30. The highest BCUT2D eigenvalue weighted by Gasteiger charge is 2.20. The highest BCUT2D eigenvalue weighted by atomic mass is 32.2. The number of halogens is 1. The van der Waals surface area contributed by atoms with Crippen molar-refractivity contribution >= 4 is 32.1 Å². The smallest absolute Gasteiger partial charge is 0.240 e. The van der Waals surface area contributed by atoms with Gasteiger partial charge in [0.1, 0.15) is 22.1 Å². The van der Waals surface area contributed by atoms with Crippen LogP contribution in [-0.2, 0) is 23.1 Å². The molecule has 1 saturated heterocycles. The molecular formula is C23H25FN6O2S. The summed E-state index contributed by atoms with van der Waals surface area (Å²) in [6.07, 6.45) is 5.29. The number of rotatable bonds is 5. The van der Waals surface area contributed by atoms with Crippen LogP contribution in [0.4, 0.5) is 4.39 Å². The summed E-state index contributed by atoms with van der Waals surface area (Å²) >= 11 is 0. The molecule has 0 aliphatic carbocycles. The summed E-state index contributed by atoms with van der Waals surface area (Å²) in [4.78, 5) is 15.8. The van der Waals surface area contributed by atoms with Gasteiger partial charge < -0.3 is 4.57 Å². The molecule has 2 N–H and O–H groups in total. The first-order valence-electron chi connectivity index (χ1n) is 10.9. The van der Waals surface area contributed by atoms with E-state index in [1.165, 1.54) is 18.6 Å². The van der Waals surface area contributed by atoms with E-state index in [-0.39, 0.29) is 0 Å². The molecule has 8 nitrogen and oxygen atoms in total. The molecule has 10 heteroatoms. The molecule has 1 aliphatic heterocycles. The van der Waals surface area contributed by atoms with Crippen molar-refractivity contribution in [3.05, 3.63) is 59.4 Å². The number of likely N-dealkylation sites (tertiary alicyclic amines) is 1. The van der Waals surface area contributed by atoms with E-state index in [1.54, 1.807) is 12.3 Å². The van der Waals surface area contributed by atoms with Crippen molar-refractivity contribution in [2.45, 2.75) is 44.2 Å². The van der Waals surface area contributed by atoms with E-state index >= 15 is 0 Å². The number of fused-ring (bicyclic) bond motifs is 3. The van der Waals surface area contributed by atoms with E-state index < -0.39 is 20.7 Å². The lowest BCUT2D eigenvalue weighted by molar-refractivity contribution is 0.214. The van der Waals surface area contributed by atoms with Gasteiger partial charge in [-0.15, -0.1) is 0 Å². The lowest BCUT2D eigenvalue weighted by Gasteiger charge is -2.26. The van der Waals surface area contributed by atoms with Gasteiger partial charge in [-0.1, -0.05) is 12.5 Å². The van der Waals surface area contributed by atoms with Crippen LogP contribution in [0.2, 0.25) is 0 Å². The van der Waals surface area contributed by atoms with Crippen LogP contribution in [0.15, 0.2) is 41.4 Å². The van der Waals surface area contributed by atoms with E-state index in [9.17, 15) is 12.8 Å². The molecule has 0 atom stereocenters. The molecule has 0 bridgehead atoms. The zero-order valence-corrected chi connectivity index (χ0v) is 19.1. The predicted molar refractivity (Wildman–Crippen MR) is 124 cm³/mol. The lowest BCUT2D eigenvalue weighted by atomic mass is 10.1. The molecule has 1 fully saturated rings. The van der Waals surface area contributed by atoms with E-state index in [0.717, 1.165) is 53.9 Å². The summed E-state index contributed by atoms with van der Waals surface area (Å²) in [6, 6.07) is 7.95. The Morgan fingerprint density at radius 3 is 2.58 bits per heavy atom. The minimum Gasteiger partial charge on any atom is -0.322 e. The number of primary sulfonamides is 1. The molecule has 1 aliphatic rings. The Labute approximate surface area is 191 Å². The monoisotopic (exact) mass is 468 g/mol. The molecule has 0 spiro atoms. The Kier molecular flexibility index (Phi) is 5.59. The summed E-state index contributed by atoms with van der Waals surface area (Å²) < 4.78 is 39.8. The van der Waals surface area contributed by atoms with Crippen LogP contribution >= 0.6 is 0 Å². The van der Waals surface area contributed by atoms with Crippen LogP contribution in [0, 0.1) is 12.7 Å². The minimum absolute atomic E-state index is 0.328. The van der Waals surface area contributed by atoms with Gasteiger partial charge in [-0.25, -0.2) is 32.9 Å². The normalized spacial score (nSPS) is 15.5. The maximum atomic E-state index is 14.5. The van der Waals surface area contributed by atoms with E-state index in [4.69, 9.17) is 10.1 Å². The Bertz CT molecular complexity index is 1460. The average Bonchev–Trinajstić information content (AvgIpc) is 3.10.